The zero-order chi connectivity index (χ0) is 13.4. The average molecular weight is 524 g/mol. The van der Waals surface area contributed by atoms with Crippen molar-refractivity contribution in [1.82, 2.24) is 0 Å². The molecule has 4 rings (SSSR count). The lowest BCUT2D eigenvalue weighted by Crippen LogP contribution is -3.00. The summed E-state index contributed by atoms with van der Waals surface area (Å²) in [7, 11) is 14.6. The van der Waals surface area contributed by atoms with Gasteiger partial charge in [0, 0.05) is 25.7 Å². The predicted molar refractivity (Wildman–Crippen MR) is 79.8 cm³/mol. The van der Waals surface area contributed by atoms with E-state index < -0.39 is 0 Å². The summed E-state index contributed by atoms with van der Waals surface area (Å²) in [5.41, 5.74) is 1.16. The Kier molecular flexibility index (Phi) is 6.74. The molecule has 4 saturated carbocycles. The Hall–Kier alpha value is 1.34. The van der Waals surface area contributed by atoms with Crippen molar-refractivity contribution in [2.45, 2.75) is 49.6 Å². The van der Waals surface area contributed by atoms with E-state index in [4.69, 9.17) is 0 Å². The molecule has 0 aromatic heterocycles. The zero-order valence-electron chi connectivity index (χ0n) is 14.5. The van der Waals surface area contributed by atoms with E-state index in [-0.39, 0.29) is 53.4 Å². The van der Waals surface area contributed by atoms with E-state index in [0.717, 1.165) is 11.8 Å². The van der Waals surface area contributed by atoms with Gasteiger partial charge in [0.1, 0.15) is 11.1 Å². The van der Waals surface area contributed by atoms with Crippen molar-refractivity contribution < 1.29 is 62.4 Å². The molecule has 0 radical (unpaired) electrons. The second kappa shape index (κ2) is 6.33. The Labute approximate surface area is 165 Å². The van der Waals surface area contributed by atoms with Crippen LogP contribution in [0.3, 0.4) is 0 Å². The molecule has 5 heteroatoms. The van der Waals surface area contributed by atoms with Gasteiger partial charge >= 0.3 is 0 Å². The van der Waals surface area contributed by atoms with Crippen LogP contribution in [-0.4, -0.2) is 67.8 Å². The number of hydrogen-bond donors (Lipinski definition) is 0. The van der Waals surface area contributed by atoms with Crippen LogP contribution < -0.4 is 48.0 Å². The molecule has 0 heterocycles. The van der Waals surface area contributed by atoms with Crippen LogP contribution in [0.1, 0.15) is 38.5 Å². The number of hydrogen-bond acceptors (Lipinski definition) is 0. The quantitative estimate of drug-likeness (QED) is 0.259. The maximum absolute atomic E-state index is 2.44. The van der Waals surface area contributed by atoms with Crippen LogP contribution >= 0.6 is 0 Å². The minimum absolute atomic E-state index is 0. The molecule has 0 aliphatic heterocycles. The molecule has 0 saturated heterocycles. The minimum atomic E-state index is 0. The molecule has 21 heavy (non-hydrogen) atoms. The summed E-state index contributed by atoms with van der Waals surface area (Å²) in [5.74, 6) is 2.03. The van der Waals surface area contributed by atoms with Crippen LogP contribution in [0.2, 0.25) is 0 Å². The van der Waals surface area contributed by atoms with Crippen molar-refractivity contribution in [3.05, 3.63) is 0 Å². The first kappa shape index (κ1) is 22.3. The molecule has 0 unspecified atom stereocenters. The molecule has 0 spiro atoms. The summed E-state index contributed by atoms with van der Waals surface area (Å²) in [6.07, 6.45) is 8.97. The highest BCUT2D eigenvalue weighted by Crippen LogP contribution is 2.62. The Morgan fingerprint density at radius 1 is 0.667 bits per heavy atom. The number of rotatable bonds is 2. The molecule has 0 aromatic rings. The van der Waals surface area contributed by atoms with Gasteiger partial charge in [0.2, 0.25) is 0 Å². The fourth-order valence-electron chi connectivity index (χ4n) is 5.74. The van der Waals surface area contributed by atoms with Gasteiger partial charge in [0.05, 0.1) is 48.7 Å². The Balaban J connectivity index is 0.00000133. The standard InChI is InChI=1S/C16H32N2.2HI.H2O/c1-17(2,3)15-8-13-7-14(9-15)11-16(10-13,12-15)18(4,5)6;;;/h13-14H,7-12H2,1-6H3;2*1H;1H2/q+2;;;/p-2. The van der Waals surface area contributed by atoms with Crippen molar-refractivity contribution in [2.24, 2.45) is 11.8 Å². The molecule has 0 atom stereocenters. The van der Waals surface area contributed by atoms with Gasteiger partial charge in [-0.1, -0.05) is 0 Å². The van der Waals surface area contributed by atoms with Gasteiger partial charge in [-0.05, 0) is 18.3 Å². The molecule has 4 fully saturated rings. The summed E-state index contributed by atoms with van der Waals surface area (Å²) in [5, 5.41) is 0. The minimum Gasteiger partial charge on any atom is -1.00 e. The predicted octanol–water partition coefficient (Wildman–Crippen LogP) is -4.33. The van der Waals surface area contributed by atoms with Crippen LogP contribution in [0.5, 0.6) is 0 Å². The van der Waals surface area contributed by atoms with Crippen molar-refractivity contribution in [3.63, 3.8) is 0 Å². The van der Waals surface area contributed by atoms with E-state index in [1.165, 1.54) is 47.5 Å². The Bertz CT molecular complexity index is 327. The lowest BCUT2D eigenvalue weighted by molar-refractivity contribution is -0.963. The van der Waals surface area contributed by atoms with Gasteiger partial charge in [-0.25, -0.2) is 0 Å². The summed E-state index contributed by atoms with van der Waals surface area (Å²) >= 11 is 0. The second-order valence-corrected chi connectivity index (χ2v) is 9.43. The molecule has 4 aliphatic carbocycles. The molecule has 4 aliphatic rings. The zero-order valence-corrected chi connectivity index (χ0v) is 18.9. The molecular formula is C16H34I2N2O. The van der Waals surface area contributed by atoms with E-state index in [1.54, 1.807) is 0 Å². The molecule has 2 N–H and O–H groups in total. The van der Waals surface area contributed by atoms with E-state index >= 15 is 0 Å². The van der Waals surface area contributed by atoms with Crippen LogP contribution in [0.4, 0.5) is 0 Å². The van der Waals surface area contributed by atoms with Gasteiger partial charge in [0.25, 0.3) is 0 Å². The first-order valence-corrected chi connectivity index (χ1v) is 7.70. The SMILES string of the molecule is C[N+](C)(C)C12CC3CC(C1)CC([N+](C)(C)C)(C3)C2.O.[I-].[I-]. The van der Waals surface area contributed by atoms with E-state index in [9.17, 15) is 0 Å². The maximum atomic E-state index is 2.44. The van der Waals surface area contributed by atoms with E-state index in [1.807, 2.05) is 0 Å². The third-order valence-electron chi connectivity index (χ3n) is 6.85. The summed E-state index contributed by atoms with van der Waals surface area (Å²) in [4.78, 5) is 0. The van der Waals surface area contributed by atoms with Crippen LogP contribution in [0.25, 0.3) is 0 Å². The number of nitrogens with zero attached hydrogens (tertiary/aromatic N) is 2. The first-order chi connectivity index (χ1) is 8.07. The van der Waals surface area contributed by atoms with Crippen molar-refractivity contribution in [2.75, 3.05) is 42.3 Å². The third-order valence-corrected chi connectivity index (χ3v) is 6.85. The molecule has 128 valence electrons. The Morgan fingerprint density at radius 2 is 0.952 bits per heavy atom. The highest BCUT2D eigenvalue weighted by Gasteiger charge is 2.67. The van der Waals surface area contributed by atoms with Crippen molar-refractivity contribution >= 4 is 0 Å². The molecule has 0 amide bonds. The lowest BCUT2D eigenvalue weighted by Gasteiger charge is -2.67. The fraction of sp³-hybridized carbons (Fsp3) is 1.00. The normalized spacial score (nSPS) is 40.9. The molecule has 4 bridgehead atoms. The highest BCUT2D eigenvalue weighted by atomic mass is 127. The third kappa shape index (κ3) is 3.28. The van der Waals surface area contributed by atoms with Crippen molar-refractivity contribution in [3.8, 4) is 0 Å². The fourth-order valence-corrected chi connectivity index (χ4v) is 5.74. The average Bonchev–Trinajstić information content (AvgIpc) is 2.11. The molecule has 3 nitrogen and oxygen atoms in total. The highest BCUT2D eigenvalue weighted by molar-refractivity contribution is 5.10. The van der Waals surface area contributed by atoms with Crippen molar-refractivity contribution in [1.29, 1.82) is 0 Å². The summed E-state index contributed by atoms with van der Waals surface area (Å²) in [6, 6.07) is 0. The van der Waals surface area contributed by atoms with Crippen LogP contribution in [0.15, 0.2) is 0 Å². The van der Waals surface area contributed by atoms with E-state index in [0.29, 0.717) is 11.1 Å². The molecular weight excluding hydrogens is 490 g/mol. The van der Waals surface area contributed by atoms with Gasteiger partial charge in [-0.3, -0.25) is 0 Å². The second-order valence-electron chi connectivity index (χ2n) is 9.43. The lowest BCUT2D eigenvalue weighted by atomic mass is 9.48. The summed E-state index contributed by atoms with van der Waals surface area (Å²) in [6.45, 7) is 0. The van der Waals surface area contributed by atoms with Crippen LogP contribution in [0, 0.1) is 11.8 Å². The van der Waals surface area contributed by atoms with E-state index in [2.05, 4.69) is 42.3 Å². The monoisotopic (exact) mass is 524 g/mol. The first-order valence-electron chi connectivity index (χ1n) is 7.70. The van der Waals surface area contributed by atoms with Gasteiger partial charge < -0.3 is 62.4 Å². The largest absolute Gasteiger partial charge is 1.00 e. The van der Waals surface area contributed by atoms with Gasteiger partial charge in [-0.2, -0.15) is 0 Å². The smallest absolute Gasteiger partial charge is 0.105 e. The van der Waals surface area contributed by atoms with Gasteiger partial charge in [0.15, 0.2) is 0 Å². The topological polar surface area (TPSA) is 31.5 Å². The molecule has 0 aromatic carbocycles. The Morgan fingerprint density at radius 3 is 1.19 bits per heavy atom. The number of halogens is 2. The number of quaternary nitrogens is 2. The maximum Gasteiger partial charge on any atom is 0.105 e. The summed E-state index contributed by atoms with van der Waals surface area (Å²) < 4.78 is 2.36. The van der Waals surface area contributed by atoms with Gasteiger partial charge in [-0.15, -0.1) is 0 Å². The van der Waals surface area contributed by atoms with Crippen LogP contribution in [-0.2, 0) is 0 Å².